The normalized spacial score (nSPS) is 17.6. The van der Waals surface area contributed by atoms with Crippen LogP contribution in [0, 0.1) is 0 Å². The van der Waals surface area contributed by atoms with Crippen molar-refractivity contribution in [1.29, 1.82) is 0 Å². The van der Waals surface area contributed by atoms with E-state index in [-0.39, 0.29) is 12.5 Å². The first-order valence-corrected chi connectivity index (χ1v) is 6.86. The molecule has 1 aromatic heterocycles. The summed E-state index contributed by atoms with van der Waals surface area (Å²) in [7, 11) is 1.89. The highest BCUT2D eigenvalue weighted by Gasteiger charge is 2.24. The van der Waals surface area contributed by atoms with E-state index < -0.39 is 0 Å². The Morgan fingerprint density at radius 3 is 2.74 bits per heavy atom. The number of nitrogen functional groups attached to an aromatic ring is 1. The van der Waals surface area contributed by atoms with Crippen molar-refractivity contribution in [3.63, 3.8) is 0 Å². The second kappa shape index (κ2) is 6.06. The van der Waals surface area contributed by atoms with Crippen LogP contribution in [0.1, 0.15) is 19.8 Å². The molecule has 6 nitrogen and oxygen atoms in total. The van der Waals surface area contributed by atoms with Crippen LogP contribution in [0.3, 0.4) is 0 Å². The fourth-order valence-corrected chi connectivity index (χ4v) is 2.54. The maximum Gasteiger partial charge on any atom is 0.244 e. The van der Waals surface area contributed by atoms with Crippen molar-refractivity contribution in [3.05, 3.63) is 12.4 Å². The van der Waals surface area contributed by atoms with E-state index in [4.69, 9.17) is 5.73 Å². The Balaban J connectivity index is 1.85. The lowest BCUT2D eigenvalue weighted by Crippen LogP contribution is -2.46. The lowest BCUT2D eigenvalue weighted by Gasteiger charge is -2.36. The first kappa shape index (κ1) is 13.9. The van der Waals surface area contributed by atoms with Crippen molar-refractivity contribution in [2.75, 3.05) is 32.4 Å². The highest BCUT2D eigenvalue weighted by Crippen LogP contribution is 2.15. The van der Waals surface area contributed by atoms with Gasteiger partial charge < -0.3 is 15.5 Å². The minimum Gasteiger partial charge on any atom is -0.396 e. The number of rotatable bonds is 4. The van der Waals surface area contributed by atoms with E-state index in [1.165, 1.54) is 0 Å². The van der Waals surface area contributed by atoms with Crippen molar-refractivity contribution in [1.82, 2.24) is 19.6 Å². The van der Waals surface area contributed by atoms with Crippen LogP contribution in [0.15, 0.2) is 12.4 Å². The van der Waals surface area contributed by atoms with Gasteiger partial charge in [-0.15, -0.1) is 0 Å². The number of likely N-dealkylation sites (N-methyl/N-ethyl adjacent to an activating group) is 1. The number of hydrogen-bond donors (Lipinski definition) is 1. The quantitative estimate of drug-likeness (QED) is 0.856. The molecule has 1 aromatic rings. The van der Waals surface area contributed by atoms with E-state index in [1.807, 2.05) is 11.9 Å². The monoisotopic (exact) mass is 265 g/mol. The van der Waals surface area contributed by atoms with Gasteiger partial charge in [0, 0.05) is 32.4 Å². The van der Waals surface area contributed by atoms with Crippen molar-refractivity contribution >= 4 is 11.6 Å². The highest BCUT2D eigenvalue weighted by atomic mass is 16.2. The van der Waals surface area contributed by atoms with Crippen molar-refractivity contribution in [3.8, 4) is 0 Å². The molecule has 0 saturated carbocycles. The van der Waals surface area contributed by atoms with Crippen LogP contribution in [-0.4, -0.2) is 58.2 Å². The smallest absolute Gasteiger partial charge is 0.244 e. The van der Waals surface area contributed by atoms with E-state index in [9.17, 15) is 4.79 Å². The molecule has 0 aromatic carbocycles. The number of amides is 1. The molecular weight excluding hydrogens is 242 g/mol. The number of likely N-dealkylation sites (tertiary alicyclic amines) is 1. The zero-order valence-electron chi connectivity index (χ0n) is 11.7. The van der Waals surface area contributed by atoms with Crippen LogP contribution in [0.2, 0.25) is 0 Å². The Morgan fingerprint density at radius 1 is 1.53 bits per heavy atom. The minimum atomic E-state index is 0.0954. The zero-order valence-corrected chi connectivity index (χ0v) is 11.7. The van der Waals surface area contributed by atoms with Gasteiger partial charge in [0.1, 0.15) is 6.54 Å². The Morgan fingerprint density at radius 2 is 2.21 bits per heavy atom. The fourth-order valence-electron chi connectivity index (χ4n) is 2.54. The van der Waals surface area contributed by atoms with E-state index >= 15 is 0 Å². The molecular formula is C13H23N5O. The number of carbonyl (C=O) groups is 1. The van der Waals surface area contributed by atoms with Gasteiger partial charge in [-0.2, -0.15) is 5.10 Å². The predicted molar refractivity (Wildman–Crippen MR) is 74.5 cm³/mol. The Labute approximate surface area is 114 Å². The minimum absolute atomic E-state index is 0.0954. The van der Waals surface area contributed by atoms with Crippen LogP contribution in [0.4, 0.5) is 5.69 Å². The number of nitrogens with two attached hydrogens (primary N) is 1. The summed E-state index contributed by atoms with van der Waals surface area (Å²) in [5.74, 6) is 0.0954. The number of hydrogen-bond acceptors (Lipinski definition) is 4. The molecule has 6 heteroatoms. The van der Waals surface area contributed by atoms with E-state index in [2.05, 4.69) is 16.9 Å². The van der Waals surface area contributed by atoms with Crippen LogP contribution < -0.4 is 5.73 Å². The fraction of sp³-hybridized carbons (Fsp3) is 0.692. The summed E-state index contributed by atoms with van der Waals surface area (Å²) < 4.78 is 1.59. The third-order valence-electron chi connectivity index (χ3n) is 3.90. The number of aromatic nitrogens is 2. The molecule has 1 amide bonds. The summed E-state index contributed by atoms with van der Waals surface area (Å²) in [6, 6.07) is 0.350. The van der Waals surface area contributed by atoms with Crippen molar-refractivity contribution in [2.45, 2.75) is 32.4 Å². The topological polar surface area (TPSA) is 67.4 Å². The third-order valence-corrected chi connectivity index (χ3v) is 3.90. The first-order valence-electron chi connectivity index (χ1n) is 6.86. The van der Waals surface area contributed by atoms with Crippen molar-refractivity contribution < 1.29 is 4.79 Å². The molecule has 19 heavy (non-hydrogen) atoms. The second-order valence-electron chi connectivity index (χ2n) is 5.14. The average Bonchev–Trinajstić information content (AvgIpc) is 2.83. The standard InChI is InChI=1S/C13H23N5O/c1-3-17-6-4-12(5-7-17)16(2)13(19)10-18-9-11(14)8-15-18/h8-9,12H,3-7,10,14H2,1-2H3. The average molecular weight is 265 g/mol. The number of anilines is 1. The lowest BCUT2D eigenvalue weighted by molar-refractivity contribution is -0.133. The number of carbonyl (C=O) groups excluding carboxylic acids is 1. The number of piperidine rings is 1. The molecule has 0 spiro atoms. The van der Waals surface area contributed by atoms with Gasteiger partial charge >= 0.3 is 0 Å². The van der Waals surface area contributed by atoms with E-state index in [1.54, 1.807) is 17.1 Å². The Kier molecular flexibility index (Phi) is 4.42. The molecule has 1 saturated heterocycles. The molecule has 1 aliphatic heterocycles. The van der Waals surface area contributed by atoms with Gasteiger partial charge in [-0.1, -0.05) is 6.92 Å². The van der Waals surface area contributed by atoms with E-state index in [0.29, 0.717) is 11.7 Å². The van der Waals surface area contributed by atoms with E-state index in [0.717, 1.165) is 32.5 Å². The summed E-state index contributed by atoms with van der Waals surface area (Å²) in [6.45, 7) is 5.69. The maximum atomic E-state index is 12.2. The predicted octanol–water partition coefficient (Wildman–Crippen LogP) is 0.408. The van der Waals surface area contributed by atoms with Crippen LogP contribution in [0.5, 0.6) is 0 Å². The summed E-state index contributed by atoms with van der Waals surface area (Å²) in [6.07, 6.45) is 5.35. The molecule has 0 unspecified atom stereocenters. The summed E-state index contributed by atoms with van der Waals surface area (Å²) in [5, 5.41) is 4.04. The molecule has 2 rings (SSSR count). The molecule has 0 aliphatic carbocycles. The molecule has 0 radical (unpaired) electrons. The molecule has 106 valence electrons. The van der Waals surface area contributed by atoms with Gasteiger partial charge in [0.25, 0.3) is 0 Å². The van der Waals surface area contributed by atoms with Gasteiger partial charge in [0.15, 0.2) is 0 Å². The third kappa shape index (κ3) is 3.47. The molecule has 1 aliphatic rings. The second-order valence-corrected chi connectivity index (χ2v) is 5.14. The molecule has 2 N–H and O–H groups in total. The van der Waals surface area contributed by atoms with Gasteiger partial charge in [0.2, 0.25) is 5.91 Å². The van der Waals surface area contributed by atoms with Gasteiger partial charge in [-0.05, 0) is 19.4 Å². The molecule has 2 heterocycles. The lowest BCUT2D eigenvalue weighted by atomic mass is 10.0. The SMILES string of the molecule is CCN1CCC(N(C)C(=O)Cn2cc(N)cn2)CC1. The zero-order chi connectivity index (χ0) is 13.8. The van der Waals surface area contributed by atoms with Gasteiger partial charge in [-0.25, -0.2) is 0 Å². The summed E-state index contributed by atoms with van der Waals surface area (Å²) in [5.41, 5.74) is 6.18. The van der Waals surface area contributed by atoms with Crippen LogP contribution in [-0.2, 0) is 11.3 Å². The first-order chi connectivity index (χ1) is 9.10. The van der Waals surface area contributed by atoms with Crippen molar-refractivity contribution in [2.24, 2.45) is 0 Å². The Hall–Kier alpha value is -1.56. The number of nitrogens with zero attached hydrogens (tertiary/aromatic N) is 4. The maximum absolute atomic E-state index is 12.2. The van der Waals surface area contributed by atoms with Crippen LogP contribution >= 0.6 is 0 Å². The molecule has 0 bridgehead atoms. The highest BCUT2D eigenvalue weighted by molar-refractivity contribution is 5.76. The summed E-state index contributed by atoms with van der Waals surface area (Å²) in [4.78, 5) is 16.5. The Bertz CT molecular complexity index is 422. The molecule has 0 atom stereocenters. The van der Waals surface area contributed by atoms with Crippen LogP contribution in [0.25, 0.3) is 0 Å². The van der Waals surface area contributed by atoms with Gasteiger partial charge in [0.05, 0.1) is 11.9 Å². The van der Waals surface area contributed by atoms with Gasteiger partial charge in [-0.3, -0.25) is 9.48 Å². The summed E-state index contributed by atoms with van der Waals surface area (Å²) >= 11 is 0. The molecule has 1 fully saturated rings. The largest absolute Gasteiger partial charge is 0.396 e.